The largest absolute Gasteiger partial charge is 0.383 e. The first-order valence-electron chi connectivity index (χ1n) is 6.19. The summed E-state index contributed by atoms with van der Waals surface area (Å²) >= 11 is 0. The molecular weight excluding hydrogens is 272 g/mol. The highest BCUT2D eigenvalue weighted by atomic mass is 16.6. The van der Waals surface area contributed by atoms with Crippen molar-refractivity contribution in [2.75, 3.05) is 24.3 Å². The van der Waals surface area contributed by atoms with Gasteiger partial charge in [0.05, 0.1) is 16.8 Å². The monoisotopic (exact) mass is 286 g/mol. The van der Waals surface area contributed by atoms with Gasteiger partial charge < -0.3 is 10.2 Å². The molecule has 0 bridgehead atoms. The second-order valence-electron chi connectivity index (χ2n) is 4.31. The minimum absolute atomic E-state index is 0.0712. The number of nitro groups is 1. The van der Waals surface area contributed by atoms with Crippen LogP contribution in [-0.4, -0.2) is 29.9 Å². The fraction of sp³-hybridized carbons (Fsp3) is 0.143. The quantitative estimate of drug-likeness (QED) is 0.688. The van der Waals surface area contributed by atoms with E-state index in [1.807, 2.05) is 0 Å². The molecule has 2 rings (SSSR count). The van der Waals surface area contributed by atoms with Crippen LogP contribution in [0.25, 0.3) is 0 Å². The third kappa shape index (κ3) is 2.97. The number of pyridine rings is 1. The molecule has 0 unspecified atom stereocenters. The number of carbonyl (C=O) groups is 1. The first-order valence-corrected chi connectivity index (χ1v) is 6.19. The lowest BCUT2D eigenvalue weighted by molar-refractivity contribution is -0.383. The smallest absolute Gasteiger partial charge is 0.292 e. The highest BCUT2D eigenvalue weighted by Crippen LogP contribution is 2.26. The Morgan fingerprint density at radius 2 is 2.14 bits per heavy atom. The van der Waals surface area contributed by atoms with Crippen LogP contribution in [-0.2, 0) is 0 Å². The van der Waals surface area contributed by atoms with Gasteiger partial charge >= 0.3 is 0 Å². The van der Waals surface area contributed by atoms with Gasteiger partial charge in [0.1, 0.15) is 5.69 Å². The van der Waals surface area contributed by atoms with Crippen molar-refractivity contribution in [1.29, 1.82) is 0 Å². The van der Waals surface area contributed by atoms with E-state index in [0.717, 1.165) is 0 Å². The third-order valence-corrected chi connectivity index (χ3v) is 3.05. The first-order chi connectivity index (χ1) is 10.0. The predicted octanol–water partition coefficient (Wildman–Crippen LogP) is 2.31. The summed E-state index contributed by atoms with van der Waals surface area (Å²) in [4.78, 5) is 28.2. The Bertz CT molecular complexity index is 673. The van der Waals surface area contributed by atoms with Gasteiger partial charge in [0, 0.05) is 31.9 Å². The Kier molecular flexibility index (Phi) is 4.13. The highest BCUT2D eigenvalue weighted by molar-refractivity contribution is 6.06. The number of nitrogens with zero attached hydrogens (tertiary/aromatic N) is 3. The van der Waals surface area contributed by atoms with E-state index >= 15 is 0 Å². The van der Waals surface area contributed by atoms with Crippen molar-refractivity contribution in [3.63, 3.8) is 0 Å². The molecule has 1 N–H and O–H groups in total. The number of nitro benzene ring substituents is 1. The Hall–Kier alpha value is -2.96. The van der Waals surface area contributed by atoms with Gasteiger partial charge in [0.25, 0.3) is 11.6 Å². The summed E-state index contributed by atoms with van der Waals surface area (Å²) in [5.41, 5.74) is 1.23. The fourth-order valence-electron chi connectivity index (χ4n) is 1.89. The third-order valence-electron chi connectivity index (χ3n) is 3.05. The molecule has 0 spiro atoms. The Morgan fingerprint density at radius 1 is 1.38 bits per heavy atom. The van der Waals surface area contributed by atoms with Gasteiger partial charge in [-0.15, -0.1) is 0 Å². The van der Waals surface area contributed by atoms with Crippen LogP contribution < -0.4 is 10.2 Å². The fourth-order valence-corrected chi connectivity index (χ4v) is 1.89. The molecule has 0 aliphatic heterocycles. The summed E-state index contributed by atoms with van der Waals surface area (Å²) in [7, 11) is 3.20. The van der Waals surface area contributed by atoms with Gasteiger partial charge in [-0.1, -0.05) is 0 Å². The van der Waals surface area contributed by atoms with Crippen LogP contribution in [0.5, 0.6) is 0 Å². The number of carbonyl (C=O) groups excluding carboxylic acids is 1. The second-order valence-corrected chi connectivity index (χ2v) is 4.31. The molecule has 1 aromatic carbocycles. The topological polar surface area (TPSA) is 88.4 Å². The standard InChI is InChI=1S/C14H14N4O3/c1-15-12-8-10(5-6-13(12)18(20)21)14(19)17(2)11-4-3-7-16-9-11/h3-9,15H,1-2H3. The van der Waals surface area contributed by atoms with E-state index < -0.39 is 4.92 Å². The van der Waals surface area contributed by atoms with Crippen molar-refractivity contribution in [2.45, 2.75) is 0 Å². The molecule has 0 fully saturated rings. The van der Waals surface area contributed by atoms with E-state index in [1.54, 1.807) is 38.6 Å². The molecule has 108 valence electrons. The lowest BCUT2D eigenvalue weighted by Gasteiger charge is -2.17. The number of benzene rings is 1. The molecule has 0 aliphatic carbocycles. The van der Waals surface area contributed by atoms with Crippen LogP contribution in [0.4, 0.5) is 17.1 Å². The van der Waals surface area contributed by atoms with Crippen LogP contribution in [0.15, 0.2) is 42.7 Å². The molecule has 1 heterocycles. The number of nitrogens with one attached hydrogen (secondary N) is 1. The minimum atomic E-state index is -0.495. The van der Waals surface area contributed by atoms with Crippen molar-refractivity contribution >= 4 is 23.0 Å². The lowest BCUT2D eigenvalue weighted by atomic mass is 10.1. The summed E-state index contributed by atoms with van der Waals surface area (Å²) in [6.45, 7) is 0. The van der Waals surface area contributed by atoms with E-state index in [4.69, 9.17) is 0 Å². The van der Waals surface area contributed by atoms with E-state index in [0.29, 0.717) is 16.9 Å². The van der Waals surface area contributed by atoms with Crippen molar-refractivity contribution < 1.29 is 9.72 Å². The second kappa shape index (κ2) is 6.00. The number of hydrogen-bond donors (Lipinski definition) is 1. The van der Waals surface area contributed by atoms with E-state index in [-0.39, 0.29) is 11.6 Å². The van der Waals surface area contributed by atoms with Gasteiger partial charge in [0.15, 0.2) is 0 Å². The molecular formula is C14H14N4O3. The average Bonchev–Trinajstić information content (AvgIpc) is 2.53. The maximum atomic E-state index is 12.4. The molecule has 2 aromatic rings. The number of hydrogen-bond acceptors (Lipinski definition) is 5. The van der Waals surface area contributed by atoms with Gasteiger partial charge in [-0.2, -0.15) is 0 Å². The number of amides is 1. The zero-order valence-electron chi connectivity index (χ0n) is 11.6. The molecule has 0 saturated carbocycles. The minimum Gasteiger partial charge on any atom is -0.383 e. The van der Waals surface area contributed by atoms with Crippen molar-refractivity contribution in [2.24, 2.45) is 0 Å². The predicted molar refractivity (Wildman–Crippen MR) is 79.6 cm³/mol. The molecule has 0 aliphatic rings. The Morgan fingerprint density at radius 3 is 2.71 bits per heavy atom. The maximum Gasteiger partial charge on any atom is 0.292 e. The first kappa shape index (κ1) is 14.4. The zero-order chi connectivity index (χ0) is 15.4. The summed E-state index contributed by atoms with van der Waals surface area (Å²) < 4.78 is 0. The van der Waals surface area contributed by atoms with Crippen molar-refractivity contribution in [3.8, 4) is 0 Å². The summed E-state index contributed by atoms with van der Waals surface area (Å²) in [6, 6.07) is 7.71. The average molecular weight is 286 g/mol. The molecule has 0 atom stereocenters. The Labute approximate surface area is 121 Å². The lowest BCUT2D eigenvalue weighted by Crippen LogP contribution is -2.26. The molecule has 1 amide bonds. The van der Waals surface area contributed by atoms with Gasteiger partial charge in [-0.3, -0.25) is 19.9 Å². The zero-order valence-corrected chi connectivity index (χ0v) is 11.6. The number of aromatic nitrogens is 1. The molecule has 0 saturated heterocycles. The normalized spacial score (nSPS) is 10.0. The number of rotatable bonds is 4. The maximum absolute atomic E-state index is 12.4. The van der Waals surface area contributed by atoms with Crippen LogP contribution in [0.3, 0.4) is 0 Å². The Balaban J connectivity index is 2.34. The van der Waals surface area contributed by atoms with Crippen LogP contribution in [0, 0.1) is 10.1 Å². The molecule has 0 radical (unpaired) electrons. The van der Waals surface area contributed by atoms with Crippen LogP contribution in [0.1, 0.15) is 10.4 Å². The van der Waals surface area contributed by atoms with Gasteiger partial charge in [0.2, 0.25) is 0 Å². The van der Waals surface area contributed by atoms with Crippen molar-refractivity contribution in [1.82, 2.24) is 4.98 Å². The molecule has 7 heteroatoms. The van der Waals surface area contributed by atoms with Gasteiger partial charge in [-0.05, 0) is 24.3 Å². The molecule has 1 aromatic heterocycles. The number of anilines is 2. The van der Waals surface area contributed by atoms with E-state index in [1.165, 1.54) is 23.1 Å². The molecule has 21 heavy (non-hydrogen) atoms. The van der Waals surface area contributed by atoms with Crippen LogP contribution >= 0.6 is 0 Å². The highest BCUT2D eigenvalue weighted by Gasteiger charge is 2.18. The molecule has 7 nitrogen and oxygen atoms in total. The van der Waals surface area contributed by atoms with Gasteiger partial charge in [-0.25, -0.2) is 0 Å². The summed E-state index contributed by atoms with van der Waals surface area (Å²) in [5.74, 6) is -0.269. The summed E-state index contributed by atoms with van der Waals surface area (Å²) in [6.07, 6.45) is 3.19. The van der Waals surface area contributed by atoms with E-state index in [2.05, 4.69) is 10.3 Å². The van der Waals surface area contributed by atoms with Crippen LogP contribution in [0.2, 0.25) is 0 Å². The van der Waals surface area contributed by atoms with E-state index in [9.17, 15) is 14.9 Å². The van der Waals surface area contributed by atoms with Crippen molar-refractivity contribution in [3.05, 3.63) is 58.4 Å². The summed E-state index contributed by atoms with van der Waals surface area (Å²) in [5, 5.41) is 13.6. The SMILES string of the molecule is CNc1cc(C(=O)N(C)c2cccnc2)ccc1[N+](=O)[O-].